The maximum Gasteiger partial charge on any atom is 0.226 e. The topological polar surface area (TPSA) is 93.5 Å². The van der Waals surface area contributed by atoms with E-state index in [1.54, 1.807) is 0 Å². The normalized spacial score (nSPS) is 11.7. The fourth-order valence-electron chi connectivity index (χ4n) is 3.00. The number of nitrogens with zero attached hydrogens (tertiary/aromatic N) is 1. The lowest BCUT2D eigenvalue weighted by molar-refractivity contribution is -0.119. The Morgan fingerprint density at radius 3 is 1.77 bits per heavy atom. The molecule has 0 unspecified atom stereocenters. The third-order valence-corrected chi connectivity index (χ3v) is 4.67. The highest BCUT2D eigenvalue weighted by molar-refractivity contribution is 5.96. The van der Waals surface area contributed by atoms with E-state index >= 15 is 0 Å². The van der Waals surface area contributed by atoms with Crippen LogP contribution >= 0.6 is 0 Å². The van der Waals surface area contributed by atoms with E-state index in [-0.39, 0.29) is 11.9 Å². The molecule has 0 radical (unpaired) electrons. The second-order valence-electron chi connectivity index (χ2n) is 7.30. The van der Waals surface area contributed by atoms with Crippen LogP contribution in [0, 0.1) is 0 Å². The lowest BCUT2D eigenvalue weighted by atomic mass is 10.0. The molecule has 5 heteroatoms. The Balaban J connectivity index is 3.32. The van der Waals surface area contributed by atoms with Gasteiger partial charge in [-0.3, -0.25) is 15.1 Å². The van der Waals surface area contributed by atoms with E-state index in [4.69, 9.17) is 11.5 Å². The summed E-state index contributed by atoms with van der Waals surface area (Å²) in [6, 6.07) is 0. The first kappa shape index (κ1) is 24.9. The van der Waals surface area contributed by atoms with Crippen molar-refractivity contribution in [2.45, 2.75) is 110 Å². The van der Waals surface area contributed by atoms with Crippen LogP contribution in [0.4, 0.5) is 0 Å². The third-order valence-electron chi connectivity index (χ3n) is 4.67. The van der Waals surface area contributed by atoms with Crippen molar-refractivity contribution in [1.29, 1.82) is 0 Å². The number of amides is 1. The fourth-order valence-corrected chi connectivity index (χ4v) is 3.00. The zero-order valence-corrected chi connectivity index (χ0v) is 17.2. The third kappa shape index (κ3) is 19.2. The highest BCUT2D eigenvalue weighted by Crippen LogP contribution is 2.12. The second kappa shape index (κ2) is 20.2. The zero-order valence-electron chi connectivity index (χ0n) is 17.2. The number of rotatable bonds is 18. The summed E-state index contributed by atoms with van der Waals surface area (Å²) in [4.78, 5) is 15.9. The van der Waals surface area contributed by atoms with E-state index in [9.17, 15) is 4.79 Å². The molecular formula is C21H44N4O. The molecule has 0 aromatic carbocycles. The zero-order chi connectivity index (χ0) is 19.3. The number of unbranched alkanes of at least 4 members (excludes halogenated alkanes) is 13. The van der Waals surface area contributed by atoms with Gasteiger partial charge in [0.05, 0.1) is 0 Å². The van der Waals surface area contributed by atoms with E-state index in [1.165, 1.54) is 70.6 Å². The van der Waals surface area contributed by atoms with Gasteiger partial charge in [-0.2, -0.15) is 0 Å². The summed E-state index contributed by atoms with van der Waals surface area (Å²) in [5.74, 6) is 0.217. The maximum absolute atomic E-state index is 11.8. The van der Waals surface area contributed by atoms with Crippen LogP contribution in [-0.4, -0.2) is 25.0 Å². The number of nitrogens with one attached hydrogen (secondary N) is 1. The second-order valence-corrected chi connectivity index (χ2v) is 7.30. The molecule has 0 rings (SSSR count). The number of nitrogens with two attached hydrogens (primary N) is 2. The highest BCUT2D eigenvalue weighted by Gasteiger charge is 2.02. The first-order valence-electron chi connectivity index (χ1n) is 11.0. The minimum absolute atomic E-state index is 0.0202. The lowest BCUT2D eigenvalue weighted by Gasteiger charge is -2.05. The average Bonchev–Trinajstić information content (AvgIpc) is 2.62. The van der Waals surface area contributed by atoms with Crippen molar-refractivity contribution < 1.29 is 4.79 Å². The fraction of sp³-hybridized carbons (Fsp3) is 0.905. The molecule has 0 aliphatic carbocycles. The molecule has 0 atom stereocenters. The molecule has 0 aliphatic heterocycles. The van der Waals surface area contributed by atoms with E-state index in [2.05, 4.69) is 17.2 Å². The highest BCUT2D eigenvalue weighted by atomic mass is 16.1. The van der Waals surface area contributed by atoms with Gasteiger partial charge in [0.25, 0.3) is 0 Å². The number of guanidine groups is 1. The van der Waals surface area contributed by atoms with Gasteiger partial charge in [-0.15, -0.1) is 0 Å². The van der Waals surface area contributed by atoms with Crippen molar-refractivity contribution in [2.24, 2.45) is 16.5 Å². The maximum atomic E-state index is 11.8. The van der Waals surface area contributed by atoms with E-state index in [1.807, 2.05) is 0 Å². The summed E-state index contributed by atoms with van der Waals surface area (Å²) < 4.78 is 0. The molecule has 154 valence electrons. The molecule has 5 N–H and O–H groups in total. The van der Waals surface area contributed by atoms with Crippen molar-refractivity contribution in [3.63, 3.8) is 0 Å². The molecule has 0 aliphatic rings. The summed E-state index contributed by atoms with van der Waals surface area (Å²) in [5.41, 5.74) is 11.1. The van der Waals surface area contributed by atoms with Crippen LogP contribution in [0.15, 0.2) is 4.99 Å². The Labute approximate surface area is 161 Å². The molecule has 0 saturated carbocycles. The van der Waals surface area contributed by atoms with Gasteiger partial charge < -0.3 is 11.5 Å². The van der Waals surface area contributed by atoms with Crippen LogP contribution in [0.25, 0.3) is 0 Å². The minimum atomic E-state index is -0.0202. The summed E-state index contributed by atoms with van der Waals surface area (Å²) in [6.07, 6.45) is 19.4. The van der Waals surface area contributed by atoms with E-state index in [0.717, 1.165) is 25.7 Å². The molecule has 26 heavy (non-hydrogen) atoms. The minimum Gasteiger partial charge on any atom is -0.370 e. The van der Waals surface area contributed by atoms with Gasteiger partial charge in [0.2, 0.25) is 5.91 Å². The number of aliphatic imine (C=N–C) groups is 1. The molecular weight excluding hydrogens is 324 g/mol. The SMILES string of the molecule is CCCCCCCCCCCCCCCC(=O)NC(N)=NCCCCN. The monoisotopic (exact) mass is 368 g/mol. The molecule has 0 spiro atoms. The number of carbonyl (C=O) groups excluding carboxylic acids is 1. The van der Waals surface area contributed by atoms with E-state index in [0.29, 0.717) is 19.5 Å². The summed E-state index contributed by atoms with van der Waals surface area (Å²) in [6.45, 7) is 3.56. The van der Waals surface area contributed by atoms with Crippen LogP contribution in [-0.2, 0) is 4.79 Å². The lowest BCUT2D eigenvalue weighted by Crippen LogP contribution is -2.36. The van der Waals surface area contributed by atoms with Crippen LogP contribution in [0.3, 0.4) is 0 Å². The Hall–Kier alpha value is -1.10. The molecule has 0 fully saturated rings. The van der Waals surface area contributed by atoms with Crippen molar-refractivity contribution in [3.8, 4) is 0 Å². The van der Waals surface area contributed by atoms with Crippen molar-refractivity contribution in [3.05, 3.63) is 0 Å². The predicted octanol–water partition coefficient (Wildman–Crippen LogP) is 4.64. The molecule has 5 nitrogen and oxygen atoms in total. The number of hydrogen-bond donors (Lipinski definition) is 3. The molecule has 0 heterocycles. The first-order chi connectivity index (χ1) is 12.7. The van der Waals surface area contributed by atoms with E-state index < -0.39 is 0 Å². The Morgan fingerprint density at radius 1 is 0.769 bits per heavy atom. The summed E-state index contributed by atoms with van der Waals surface area (Å²) in [5, 5.41) is 2.66. The predicted molar refractivity (Wildman–Crippen MR) is 113 cm³/mol. The van der Waals surface area contributed by atoms with Crippen molar-refractivity contribution >= 4 is 11.9 Å². The van der Waals surface area contributed by atoms with Gasteiger partial charge in [0.1, 0.15) is 0 Å². The van der Waals surface area contributed by atoms with Gasteiger partial charge in [0.15, 0.2) is 5.96 Å². The molecule has 0 saturated heterocycles. The first-order valence-corrected chi connectivity index (χ1v) is 11.0. The standard InChI is InChI=1S/C21H44N4O/c1-2-3-4-5-6-7-8-9-10-11-12-13-14-17-20(26)25-21(23)24-19-16-15-18-22/h2-19,22H2,1H3,(H3,23,24,25,26). The van der Waals surface area contributed by atoms with Crippen molar-refractivity contribution in [2.75, 3.05) is 13.1 Å². The Kier molecular flexibility index (Phi) is 19.4. The molecule has 0 aromatic heterocycles. The van der Waals surface area contributed by atoms with Gasteiger partial charge in [-0.25, -0.2) is 0 Å². The molecule has 0 aromatic rings. The quantitative estimate of drug-likeness (QED) is 0.187. The van der Waals surface area contributed by atoms with Crippen LogP contribution < -0.4 is 16.8 Å². The van der Waals surface area contributed by atoms with Crippen LogP contribution in [0.1, 0.15) is 110 Å². The summed E-state index contributed by atoms with van der Waals surface area (Å²) in [7, 11) is 0. The smallest absolute Gasteiger partial charge is 0.226 e. The Bertz CT molecular complexity index is 345. The van der Waals surface area contributed by atoms with Gasteiger partial charge in [-0.1, -0.05) is 84.0 Å². The molecule has 1 amide bonds. The van der Waals surface area contributed by atoms with Crippen LogP contribution in [0.2, 0.25) is 0 Å². The van der Waals surface area contributed by atoms with Gasteiger partial charge >= 0.3 is 0 Å². The Morgan fingerprint density at radius 2 is 1.27 bits per heavy atom. The summed E-state index contributed by atoms with van der Waals surface area (Å²) >= 11 is 0. The van der Waals surface area contributed by atoms with Gasteiger partial charge in [0, 0.05) is 13.0 Å². The average molecular weight is 369 g/mol. The number of hydrogen-bond acceptors (Lipinski definition) is 3. The van der Waals surface area contributed by atoms with Crippen molar-refractivity contribution in [1.82, 2.24) is 5.32 Å². The van der Waals surface area contributed by atoms with Gasteiger partial charge in [-0.05, 0) is 25.8 Å². The number of carbonyl (C=O) groups is 1. The largest absolute Gasteiger partial charge is 0.370 e. The molecule has 0 bridgehead atoms. The van der Waals surface area contributed by atoms with Crippen LogP contribution in [0.5, 0.6) is 0 Å².